The molecular weight excluding hydrogens is 745 g/mol. The van der Waals surface area contributed by atoms with Crippen molar-refractivity contribution in [2.45, 2.75) is 113 Å². The molecule has 5 heteroatoms. The van der Waals surface area contributed by atoms with E-state index in [2.05, 4.69) is 68.4 Å². The largest absolute Gasteiger partial charge is 0.512 e. The van der Waals surface area contributed by atoms with Gasteiger partial charge in [-0.3, -0.25) is 9.78 Å². The first kappa shape index (κ1) is 37.6. The van der Waals surface area contributed by atoms with Crippen LogP contribution in [0, 0.1) is 29.7 Å². The monoisotopic (exact) mass is 798 g/mol. The third-order valence-corrected chi connectivity index (χ3v) is 9.29. The summed E-state index contributed by atoms with van der Waals surface area (Å²) in [7, 11) is 0. The Morgan fingerprint density at radius 2 is 1.70 bits per heavy atom. The van der Waals surface area contributed by atoms with Crippen molar-refractivity contribution in [1.29, 1.82) is 0 Å². The zero-order chi connectivity index (χ0) is 32.9. The van der Waals surface area contributed by atoms with Crippen LogP contribution in [0.25, 0.3) is 32.9 Å². The van der Waals surface area contributed by atoms with Crippen LogP contribution in [-0.4, -0.2) is 20.9 Å². The smallest absolute Gasteiger partial charge is 0.164 e. The number of ketones is 1. The van der Waals surface area contributed by atoms with Gasteiger partial charge in [-0.25, -0.2) is 4.98 Å². The summed E-state index contributed by atoms with van der Waals surface area (Å²) >= 11 is 0. The summed E-state index contributed by atoms with van der Waals surface area (Å²) in [5.41, 5.74) is 5.22. The van der Waals surface area contributed by atoms with Crippen molar-refractivity contribution in [1.82, 2.24) is 9.97 Å². The molecule has 0 unspecified atom stereocenters. The third-order valence-electron chi connectivity index (χ3n) is 9.29. The maximum atomic E-state index is 11.6. The van der Waals surface area contributed by atoms with Crippen LogP contribution >= 0.6 is 0 Å². The van der Waals surface area contributed by atoms with Gasteiger partial charge >= 0.3 is 0 Å². The van der Waals surface area contributed by atoms with Crippen molar-refractivity contribution in [2.24, 2.45) is 16.7 Å². The number of hydrogen-bond donors (Lipinski definition) is 1. The van der Waals surface area contributed by atoms with Crippen molar-refractivity contribution in [3.63, 3.8) is 0 Å². The van der Waals surface area contributed by atoms with Crippen molar-refractivity contribution < 1.29 is 30.0 Å². The minimum atomic E-state index is -0.419. The topological polar surface area (TPSA) is 63.1 Å². The zero-order valence-corrected chi connectivity index (χ0v) is 31.8. The molecule has 0 saturated heterocycles. The number of aromatic nitrogens is 2. The van der Waals surface area contributed by atoms with Gasteiger partial charge in [-0.15, -0.1) is 35.4 Å². The number of nitrogens with zero attached hydrogens (tertiary/aromatic N) is 2. The molecule has 4 nitrogen and oxygen atoms in total. The standard InChI is InChI=1S/C29H31N2.C12H22O2.Ir/c1-19(2)18-25-11-7-10-23-16-17-26-28(30-20(3)31-29(26)27(23)25)24-14-12-22(13-15-24)21-8-5-4-6-9-21;1-7-12(5,6)10(14)8-9(13)11(2,3)4;/h7,10-14,16-17,19,21H,4-6,8-9,18H2,1-3H3;8,14H,7H2,1-6H3;/q-1;;/b;10-8-;. The van der Waals surface area contributed by atoms with Gasteiger partial charge in [0.15, 0.2) is 5.78 Å². The molecule has 1 N–H and O–H groups in total. The summed E-state index contributed by atoms with van der Waals surface area (Å²) in [5.74, 6) is 2.27. The molecule has 0 atom stereocenters. The number of aliphatic hydroxyl groups is 1. The fourth-order valence-electron chi connectivity index (χ4n) is 5.96. The Morgan fingerprint density at radius 1 is 1.00 bits per heavy atom. The molecule has 1 aliphatic carbocycles. The Hall–Kier alpha value is -2.88. The van der Waals surface area contributed by atoms with Gasteiger partial charge in [0.25, 0.3) is 0 Å². The maximum Gasteiger partial charge on any atom is 0.164 e. The molecule has 1 fully saturated rings. The molecule has 0 amide bonds. The Morgan fingerprint density at radius 3 is 2.28 bits per heavy atom. The van der Waals surface area contributed by atoms with E-state index in [-0.39, 0.29) is 37.1 Å². The quantitative estimate of drug-likeness (QED) is 0.0875. The maximum absolute atomic E-state index is 11.6. The fourth-order valence-corrected chi connectivity index (χ4v) is 5.96. The molecule has 0 bridgehead atoms. The average molecular weight is 798 g/mol. The van der Waals surface area contributed by atoms with E-state index in [1.807, 2.05) is 48.5 Å². The fraction of sp³-hybridized carbons (Fsp3) is 0.488. The van der Waals surface area contributed by atoms with Gasteiger partial charge < -0.3 is 5.11 Å². The summed E-state index contributed by atoms with van der Waals surface area (Å²) in [5, 5.41) is 13.4. The van der Waals surface area contributed by atoms with Gasteiger partial charge in [0, 0.05) is 42.4 Å². The van der Waals surface area contributed by atoms with E-state index < -0.39 is 5.41 Å². The number of hydrogen-bond acceptors (Lipinski definition) is 4. The molecule has 1 radical (unpaired) electrons. The number of aliphatic hydroxyl groups excluding tert-OH is 1. The van der Waals surface area contributed by atoms with Crippen LogP contribution in [0.4, 0.5) is 0 Å². The molecule has 1 aliphatic rings. The molecule has 0 aliphatic heterocycles. The van der Waals surface area contributed by atoms with Crippen molar-refractivity contribution >= 4 is 27.5 Å². The SMILES string of the molecule is CCC(C)(C)/C(O)=C/C(=O)C(C)(C)C.Cc1nc(-c2[c-]cc(C3CCCCC3)cc2)c2ccc3cccc(CC(C)C)c3c2n1.[Ir]. The first-order chi connectivity index (χ1) is 21.2. The molecule has 5 rings (SSSR count). The number of allylic oxidation sites excluding steroid dienone is 2. The average Bonchev–Trinajstić information content (AvgIpc) is 3.00. The number of rotatable bonds is 7. The van der Waals surface area contributed by atoms with Gasteiger partial charge in [-0.1, -0.05) is 124 Å². The van der Waals surface area contributed by atoms with Crippen LogP contribution < -0.4 is 0 Å². The van der Waals surface area contributed by atoms with E-state index >= 15 is 0 Å². The van der Waals surface area contributed by atoms with Crippen molar-refractivity contribution in [2.75, 3.05) is 0 Å². The minimum absolute atomic E-state index is 0. The number of aryl methyl sites for hydroxylation is 1. The van der Waals surface area contributed by atoms with Crippen LogP contribution in [0.3, 0.4) is 0 Å². The summed E-state index contributed by atoms with van der Waals surface area (Å²) in [6.45, 7) is 17.9. The van der Waals surface area contributed by atoms with Crippen LogP contribution in [0.15, 0.2) is 60.4 Å². The van der Waals surface area contributed by atoms with Gasteiger partial charge in [0.05, 0.1) is 5.52 Å². The summed E-state index contributed by atoms with van der Waals surface area (Å²) < 4.78 is 0. The molecule has 249 valence electrons. The van der Waals surface area contributed by atoms with E-state index in [0.717, 1.165) is 40.8 Å². The molecule has 1 saturated carbocycles. The van der Waals surface area contributed by atoms with Gasteiger partial charge in [-0.2, -0.15) is 0 Å². The van der Waals surface area contributed by atoms with Crippen LogP contribution in [0.1, 0.15) is 117 Å². The van der Waals surface area contributed by atoms with E-state index in [9.17, 15) is 9.90 Å². The van der Waals surface area contributed by atoms with Crippen LogP contribution in [0.2, 0.25) is 0 Å². The number of benzene rings is 3. The van der Waals surface area contributed by atoms with Gasteiger partial charge in [0.1, 0.15) is 11.6 Å². The van der Waals surface area contributed by atoms with Crippen LogP contribution in [-0.2, 0) is 31.3 Å². The molecule has 3 aromatic carbocycles. The molecule has 1 heterocycles. The van der Waals surface area contributed by atoms with Crippen LogP contribution in [0.5, 0.6) is 0 Å². The molecular formula is C41H53IrN2O2-. The number of fused-ring (bicyclic) bond motifs is 3. The number of carbonyl (C=O) groups is 1. The van der Waals surface area contributed by atoms with Gasteiger partial charge in [-0.05, 0) is 47.7 Å². The van der Waals surface area contributed by atoms with Gasteiger partial charge in [0.2, 0.25) is 0 Å². The molecule has 1 aromatic heterocycles. The van der Waals surface area contributed by atoms with E-state index in [0.29, 0.717) is 11.8 Å². The summed E-state index contributed by atoms with van der Waals surface area (Å²) in [4.78, 5) is 21.4. The van der Waals surface area contributed by atoms with E-state index in [4.69, 9.17) is 9.97 Å². The Balaban J connectivity index is 0.000000329. The second-order valence-corrected chi connectivity index (χ2v) is 14.9. The predicted molar refractivity (Wildman–Crippen MR) is 190 cm³/mol. The number of carbonyl (C=O) groups excluding carboxylic acids is 1. The van der Waals surface area contributed by atoms with Crippen molar-refractivity contribution in [3.8, 4) is 11.3 Å². The Kier molecular flexibility index (Phi) is 12.9. The normalized spacial score (nSPS) is 14.6. The van der Waals surface area contributed by atoms with E-state index in [1.54, 1.807) is 0 Å². The zero-order valence-electron chi connectivity index (χ0n) is 29.4. The third kappa shape index (κ3) is 9.13. The molecule has 0 spiro atoms. The van der Waals surface area contributed by atoms with E-state index in [1.165, 1.54) is 60.1 Å². The first-order valence-electron chi connectivity index (χ1n) is 16.9. The Bertz CT molecular complexity index is 1660. The Labute approximate surface area is 290 Å². The van der Waals surface area contributed by atoms with Crippen molar-refractivity contribution in [3.05, 3.63) is 83.4 Å². The summed E-state index contributed by atoms with van der Waals surface area (Å²) in [6.07, 6.45) is 9.95. The second kappa shape index (κ2) is 15.8. The predicted octanol–water partition coefficient (Wildman–Crippen LogP) is 11.3. The molecule has 4 aromatic rings. The minimum Gasteiger partial charge on any atom is -0.512 e. The first-order valence-corrected chi connectivity index (χ1v) is 16.9. The summed E-state index contributed by atoms with van der Waals surface area (Å²) in [6, 6.07) is 21.3. The second-order valence-electron chi connectivity index (χ2n) is 14.9. The molecule has 46 heavy (non-hydrogen) atoms.